The van der Waals surface area contributed by atoms with Crippen LogP contribution in [0.5, 0.6) is 11.5 Å². The smallest absolute Gasteiger partial charge is 0.179 e. The molecule has 4 heteroatoms. The lowest BCUT2D eigenvalue weighted by atomic mass is 9.78. The molecule has 1 atom stereocenters. The molecule has 1 saturated carbocycles. The summed E-state index contributed by atoms with van der Waals surface area (Å²) >= 11 is 6.31. The van der Waals surface area contributed by atoms with E-state index in [-0.39, 0.29) is 0 Å². The van der Waals surface area contributed by atoms with Gasteiger partial charge in [0.05, 0.1) is 24.3 Å². The zero-order valence-corrected chi connectivity index (χ0v) is 13.2. The molecule has 0 saturated heterocycles. The Kier molecular flexibility index (Phi) is 4.60. The zero-order chi connectivity index (χ0) is 14.8. The lowest BCUT2D eigenvalue weighted by Crippen LogP contribution is -2.19. The van der Waals surface area contributed by atoms with Gasteiger partial charge in [0, 0.05) is 6.42 Å². The monoisotopic (exact) mass is 310 g/mol. The number of rotatable bonds is 2. The van der Waals surface area contributed by atoms with Gasteiger partial charge in [-0.3, -0.25) is 0 Å². The largest absolute Gasteiger partial charge is 0.489 e. The van der Waals surface area contributed by atoms with E-state index < -0.39 is 6.10 Å². The van der Waals surface area contributed by atoms with Crippen molar-refractivity contribution in [1.29, 1.82) is 0 Å². The fourth-order valence-electron chi connectivity index (χ4n) is 3.30. The summed E-state index contributed by atoms with van der Waals surface area (Å²) in [7, 11) is 0. The quantitative estimate of drug-likeness (QED) is 0.882. The van der Waals surface area contributed by atoms with Crippen molar-refractivity contribution in [3.05, 3.63) is 22.7 Å². The molecule has 0 amide bonds. The Balaban J connectivity index is 1.81. The molecule has 1 aromatic rings. The van der Waals surface area contributed by atoms with Gasteiger partial charge in [0.2, 0.25) is 0 Å². The van der Waals surface area contributed by atoms with E-state index in [9.17, 15) is 5.11 Å². The molecule has 1 aromatic carbocycles. The average molecular weight is 311 g/mol. The highest BCUT2D eigenvalue weighted by atomic mass is 35.5. The lowest BCUT2D eigenvalue weighted by molar-refractivity contribution is 0.0753. The van der Waals surface area contributed by atoms with Crippen LogP contribution in [0.4, 0.5) is 0 Å². The standard InChI is InChI=1S/C17H23ClO3/c1-11-3-5-12(6-4-11)16(19)13-9-14(18)17-15(10-13)20-7-2-8-21-17/h9-12,16,19H,2-8H2,1H3. The minimum Gasteiger partial charge on any atom is -0.489 e. The van der Waals surface area contributed by atoms with Gasteiger partial charge in [-0.2, -0.15) is 0 Å². The molecule has 1 unspecified atom stereocenters. The summed E-state index contributed by atoms with van der Waals surface area (Å²) in [5.74, 6) is 2.38. The van der Waals surface area contributed by atoms with E-state index in [4.69, 9.17) is 21.1 Å². The predicted molar refractivity (Wildman–Crippen MR) is 83.1 cm³/mol. The fraction of sp³-hybridized carbons (Fsp3) is 0.647. The highest BCUT2D eigenvalue weighted by Crippen LogP contribution is 2.43. The molecule has 2 aliphatic rings. The third-order valence-corrected chi connectivity index (χ3v) is 4.95. The molecule has 21 heavy (non-hydrogen) atoms. The van der Waals surface area contributed by atoms with Crippen LogP contribution in [0.1, 0.15) is 50.7 Å². The molecule has 1 aliphatic carbocycles. The summed E-state index contributed by atoms with van der Waals surface area (Å²) in [4.78, 5) is 0. The molecule has 3 nitrogen and oxygen atoms in total. The van der Waals surface area contributed by atoms with Crippen molar-refractivity contribution < 1.29 is 14.6 Å². The van der Waals surface area contributed by atoms with E-state index >= 15 is 0 Å². The highest BCUT2D eigenvalue weighted by Gasteiger charge is 2.27. The average Bonchev–Trinajstić information content (AvgIpc) is 2.73. The molecule has 1 aliphatic heterocycles. The Hall–Kier alpha value is -0.930. The number of hydrogen-bond acceptors (Lipinski definition) is 3. The van der Waals surface area contributed by atoms with Crippen LogP contribution in [0.25, 0.3) is 0 Å². The van der Waals surface area contributed by atoms with Crippen LogP contribution < -0.4 is 9.47 Å². The minimum atomic E-state index is -0.466. The van der Waals surface area contributed by atoms with E-state index in [0.717, 1.165) is 30.7 Å². The van der Waals surface area contributed by atoms with Crippen molar-refractivity contribution in [2.75, 3.05) is 13.2 Å². The maximum atomic E-state index is 10.7. The van der Waals surface area contributed by atoms with Crippen LogP contribution in [0.3, 0.4) is 0 Å². The van der Waals surface area contributed by atoms with Crippen molar-refractivity contribution in [2.45, 2.75) is 45.1 Å². The molecule has 1 fully saturated rings. The summed E-state index contributed by atoms with van der Waals surface area (Å²) in [6.07, 6.45) is 4.93. The summed E-state index contributed by atoms with van der Waals surface area (Å²) < 4.78 is 11.3. The van der Waals surface area contributed by atoms with Gasteiger partial charge in [0.25, 0.3) is 0 Å². The van der Waals surface area contributed by atoms with E-state index in [2.05, 4.69) is 6.92 Å². The number of ether oxygens (including phenoxy) is 2. The van der Waals surface area contributed by atoms with E-state index in [1.54, 1.807) is 0 Å². The van der Waals surface area contributed by atoms with Gasteiger partial charge < -0.3 is 14.6 Å². The summed E-state index contributed by atoms with van der Waals surface area (Å²) in [6, 6.07) is 3.73. The van der Waals surface area contributed by atoms with Crippen LogP contribution in [-0.4, -0.2) is 18.3 Å². The number of halogens is 1. The normalized spacial score (nSPS) is 27.0. The van der Waals surface area contributed by atoms with Gasteiger partial charge in [-0.1, -0.05) is 31.4 Å². The predicted octanol–water partition coefficient (Wildman–Crippen LogP) is 4.36. The van der Waals surface area contributed by atoms with Crippen molar-refractivity contribution in [1.82, 2.24) is 0 Å². The topological polar surface area (TPSA) is 38.7 Å². The maximum Gasteiger partial charge on any atom is 0.179 e. The van der Waals surface area contributed by atoms with E-state index in [1.165, 1.54) is 12.8 Å². The number of benzene rings is 1. The van der Waals surface area contributed by atoms with Gasteiger partial charge in [-0.15, -0.1) is 0 Å². The molecular formula is C17H23ClO3. The third-order valence-electron chi connectivity index (χ3n) is 4.67. The maximum absolute atomic E-state index is 10.7. The second kappa shape index (κ2) is 6.45. The van der Waals surface area contributed by atoms with Crippen molar-refractivity contribution in [3.63, 3.8) is 0 Å². The first-order valence-electron chi connectivity index (χ1n) is 7.92. The van der Waals surface area contributed by atoms with Crippen LogP contribution in [-0.2, 0) is 0 Å². The van der Waals surface area contributed by atoms with Gasteiger partial charge in [-0.25, -0.2) is 0 Å². The first kappa shape index (κ1) is 15.0. The Bertz CT molecular complexity index is 495. The molecule has 116 valence electrons. The number of aliphatic hydroxyl groups is 1. The third kappa shape index (κ3) is 3.29. The van der Waals surface area contributed by atoms with Crippen molar-refractivity contribution >= 4 is 11.6 Å². The molecular weight excluding hydrogens is 288 g/mol. The Morgan fingerprint density at radius 2 is 1.86 bits per heavy atom. The molecule has 3 rings (SSSR count). The molecule has 0 bridgehead atoms. The number of fused-ring (bicyclic) bond motifs is 1. The first-order valence-corrected chi connectivity index (χ1v) is 8.30. The van der Waals surface area contributed by atoms with Crippen LogP contribution >= 0.6 is 11.6 Å². The van der Waals surface area contributed by atoms with Crippen LogP contribution in [0, 0.1) is 11.8 Å². The molecule has 1 N–H and O–H groups in total. The lowest BCUT2D eigenvalue weighted by Gasteiger charge is -2.30. The number of hydrogen-bond donors (Lipinski definition) is 1. The second-order valence-corrected chi connectivity index (χ2v) is 6.75. The fourth-order valence-corrected chi connectivity index (χ4v) is 3.57. The van der Waals surface area contributed by atoms with E-state index in [1.807, 2.05) is 12.1 Å². The SMILES string of the molecule is CC1CCC(C(O)c2cc(Cl)c3c(c2)OCCCO3)CC1. The molecule has 0 spiro atoms. The summed E-state index contributed by atoms with van der Waals surface area (Å²) in [6.45, 7) is 3.53. The van der Waals surface area contributed by atoms with Crippen LogP contribution in [0.15, 0.2) is 12.1 Å². The molecule has 1 heterocycles. The molecule has 0 aromatic heterocycles. The van der Waals surface area contributed by atoms with E-state index in [0.29, 0.717) is 35.7 Å². The molecule has 0 radical (unpaired) electrons. The van der Waals surface area contributed by atoms with Crippen molar-refractivity contribution in [3.8, 4) is 11.5 Å². The Morgan fingerprint density at radius 1 is 1.14 bits per heavy atom. The summed E-state index contributed by atoms with van der Waals surface area (Å²) in [5, 5.41) is 11.2. The Labute approximate surface area is 131 Å². The second-order valence-electron chi connectivity index (χ2n) is 6.35. The van der Waals surface area contributed by atoms with Gasteiger partial charge >= 0.3 is 0 Å². The minimum absolute atomic E-state index is 0.321. The highest BCUT2D eigenvalue weighted by molar-refractivity contribution is 6.32. The first-order chi connectivity index (χ1) is 10.1. The Morgan fingerprint density at radius 3 is 2.62 bits per heavy atom. The van der Waals surface area contributed by atoms with Crippen molar-refractivity contribution in [2.24, 2.45) is 11.8 Å². The van der Waals surface area contributed by atoms with Gasteiger partial charge in [0.1, 0.15) is 0 Å². The summed E-state index contributed by atoms with van der Waals surface area (Å²) in [5.41, 5.74) is 0.851. The van der Waals surface area contributed by atoms with Crippen LogP contribution in [0.2, 0.25) is 5.02 Å². The van der Waals surface area contributed by atoms with Gasteiger partial charge in [-0.05, 0) is 42.4 Å². The van der Waals surface area contributed by atoms with Gasteiger partial charge in [0.15, 0.2) is 11.5 Å². The number of aliphatic hydroxyl groups excluding tert-OH is 1. The zero-order valence-electron chi connectivity index (χ0n) is 12.5.